The van der Waals surface area contributed by atoms with Crippen LogP contribution in [0.3, 0.4) is 0 Å². The summed E-state index contributed by atoms with van der Waals surface area (Å²) in [6.45, 7) is 9.24. The molecule has 21 atom stereocenters. The molecule has 51 heavy (non-hydrogen) atoms. The molecule has 0 aromatic carbocycles. The third-order valence-electron chi connectivity index (χ3n) is 15.6. The minimum atomic E-state index is -1.62. The van der Waals surface area contributed by atoms with Gasteiger partial charge in [0.2, 0.25) is 0 Å². The molecule has 4 heterocycles. The highest BCUT2D eigenvalue weighted by molar-refractivity contribution is 5.83. The molecule has 4 aliphatic carbocycles. The molecule has 290 valence electrons. The number of ketones is 1. The third kappa shape index (κ3) is 5.82. The molecule has 4 aliphatic heterocycles. The van der Waals surface area contributed by atoms with Gasteiger partial charge in [0.15, 0.2) is 18.4 Å². The molecule has 0 radical (unpaired) electrons. The van der Waals surface area contributed by atoms with E-state index in [2.05, 4.69) is 27.7 Å². The first-order valence-corrected chi connectivity index (χ1v) is 19.6. The lowest BCUT2D eigenvalue weighted by molar-refractivity contribution is -0.354. The number of Topliss-reactive ketones (excluding diaryl/α,β-unsaturated/α-hetero) is 1. The summed E-state index contributed by atoms with van der Waals surface area (Å²) < 4.78 is 36.6. The van der Waals surface area contributed by atoms with Crippen molar-refractivity contribution in [2.24, 2.45) is 52.3 Å². The maximum atomic E-state index is 14.2. The summed E-state index contributed by atoms with van der Waals surface area (Å²) in [7, 11) is 0. The summed E-state index contributed by atoms with van der Waals surface area (Å²) in [6, 6.07) is 0. The Bertz CT molecular complexity index is 1290. The van der Waals surface area contributed by atoms with Crippen LogP contribution in [0, 0.1) is 52.3 Å². The van der Waals surface area contributed by atoms with Crippen LogP contribution in [-0.2, 0) is 33.2 Å². The van der Waals surface area contributed by atoms with Gasteiger partial charge < -0.3 is 59.1 Å². The van der Waals surface area contributed by atoms with Gasteiger partial charge in [-0.15, -0.1) is 0 Å². The van der Waals surface area contributed by atoms with Crippen LogP contribution < -0.4 is 0 Å². The normalized spacial score (nSPS) is 58.5. The molecule has 8 rings (SSSR count). The van der Waals surface area contributed by atoms with Crippen LogP contribution in [0.15, 0.2) is 0 Å². The van der Waals surface area contributed by atoms with Gasteiger partial charge in [-0.1, -0.05) is 27.7 Å². The van der Waals surface area contributed by atoms with Crippen molar-refractivity contribution < 1.29 is 63.9 Å². The van der Waals surface area contributed by atoms with Crippen LogP contribution in [-0.4, -0.2) is 130 Å². The topological polar surface area (TPSA) is 194 Å². The van der Waals surface area contributed by atoms with Gasteiger partial charge in [-0.05, 0) is 85.4 Å². The van der Waals surface area contributed by atoms with E-state index in [1.165, 1.54) is 0 Å². The predicted molar refractivity (Wildman–Crippen MR) is 177 cm³/mol. The number of hydrogen-bond donors (Lipinski definition) is 6. The number of aliphatic hydroxyl groups excluding tert-OH is 6. The van der Waals surface area contributed by atoms with Crippen molar-refractivity contribution in [2.75, 3.05) is 19.8 Å². The van der Waals surface area contributed by atoms with Gasteiger partial charge in [-0.3, -0.25) is 4.79 Å². The number of fused-ring (bicyclic) bond motifs is 7. The molecule has 0 aromatic heterocycles. The van der Waals surface area contributed by atoms with Crippen molar-refractivity contribution in [2.45, 2.75) is 159 Å². The number of carbonyl (C=O) groups excluding carboxylic acids is 1. The molecule has 8 aliphatic rings. The van der Waals surface area contributed by atoms with E-state index in [0.717, 1.165) is 45.1 Å². The Balaban J connectivity index is 0.916. The predicted octanol–water partition coefficient (Wildman–Crippen LogP) is 1.26. The average molecular weight is 725 g/mol. The summed E-state index contributed by atoms with van der Waals surface area (Å²) in [6.07, 6.45) is -5.12. The minimum Gasteiger partial charge on any atom is -0.394 e. The molecule has 13 heteroatoms. The molecule has 4 saturated carbocycles. The minimum absolute atomic E-state index is 0.118. The molecule has 4 saturated heterocycles. The molecule has 0 amide bonds. The van der Waals surface area contributed by atoms with Crippen molar-refractivity contribution in [3.8, 4) is 0 Å². The Kier molecular flexibility index (Phi) is 9.79. The Morgan fingerprint density at radius 2 is 1.57 bits per heavy atom. The van der Waals surface area contributed by atoms with Crippen LogP contribution in [0.4, 0.5) is 0 Å². The molecule has 6 N–H and O–H groups in total. The molecular weight excluding hydrogens is 664 g/mol. The van der Waals surface area contributed by atoms with E-state index in [9.17, 15) is 35.4 Å². The van der Waals surface area contributed by atoms with Crippen LogP contribution in [0.2, 0.25) is 0 Å². The molecule has 1 spiro atoms. The van der Waals surface area contributed by atoms with E-state index >= 15 is 0 Å². The van der Waals surface area contributed by atoms with Gasteiger partial charge in [-0.25, -0.2) is 0 Å². The first-order valence-electron chi connectivity index (χ1n) is 19.6. The summed E-state index contributed by atoms with van der Waals surface area (Å²) in [5.74, 6) is 2.18. The lowest BCUT2D eigenvalue weighted by atomic mass is 9.44. The summed E-state index contributed by atoms with van der Waals surface area (Å²) in [4.78, 5) is 14.2. The second-order valence-corrected chi connectivity index (χ2v) is 18.2. The van der Waals surface area contributed by atoms with Gasteiger partial charge in [0.05, 0.1) is 32.0 Å². The largest absolute Gasteiger partial charge is 0.394 e. The Morgan fingerprint density at radius 3 is 2.29 bits per heavy atom. The highest BCUT2D eigenvalue weighted by atomic mass is 16.7. The van der Waals surface area contributed by atoms with E-state index < -0.39 is 73.8 Å². The van der Waals surface area contributed by atoms with Crippen molar-refractivity contribution in [3.63, 3.8) is 0 Å². The monoisotopic (exact) mass is 724 g/mol. The standard InChI is InChI=1S/C38H60O13/c1-17-5-10-38(47-15-17)18(2)28-26(51-38)13-22-20-12-24(40)23-11-19(6-8-36(23,3)21(20)7-9-37(22,28)4)48-35-32(45)30(43)33(27(14-39)49-35)50-34-31(44)29(42)25(41)16-46-34/h17-23,25-35,39,41-45H,5-16H2,1-4H3/t17-,18+,19+,20-,21+,22+,23-,25-,26+,27-,28+,29+,30-,31-,32-,33-,34+,35-,36-,37+,38-/m1/s1. The molecular formula is C38H60O13. The number of ether oxygens (including phenoxy) is 6. The molecule has 0 bridgehead atoms. The number of carbonyl (C=O) groups is 1. The van der Waals surface area contributed by atoms with Crippen LogP contribution in [0.1, 0.15) is 85.5 Å². The van der Waals surface area contributed by atoms with Gasteiger partial charge in [0, 0.05) is 24.7 Å². The first-order chi connectivity index (χ1) is 24.2. The fourth-order valence-electron chi connectivity index (χ4n) is 12.7. The second kappa shape index (κ2) is 13.4. The fourth-order valence-corrected chi connectivity index (χ4v) is 12.7. The van der Waals surface area contributed by atoms with Crippen molar-refractivity contribution in [1.29, 1.82) is 0 Å². The van der Waals surface area contributed by atoms with Crippen LogP contribution in [0.5, 0.6) is 0 Å². The summed E-state index contributed by atoms with van der Waals surface area (Å²) in [5.41, 5.74) is -0.0420. The zero-order chi connectivity index (χ0) is 36.2. The first kappa shape index (κ1) is 37.1. The van der Waals surface area contributed by atoms with Crippen molar-refractivity contribution in [1.82, 2.24) is 0 Å². The highest BCUT2D eigenvalue weighted by Crippen LogP contribution is 2.71. The van der Waals surface area contributed by atoms with Crippen molar-refractivity contribution >= 4 is 5.78 Å². The van der Waals surface area contributed by atoms with Gasteiger partial charge in [0.1, 0.15) is 48.5 Å². The summed E-state index contributed by atoms with van der Waals surface area (Å²) >= 11 is 0. The number of hydrogen-bond acceptors (Lipinski definition) is 13. The van der Waals surface area contributed by atoms with Gasteiger partial charge >= 0.3 is 0 Å². The lowest BCUT2D eigenvalue weighted by Gasteiger charge is -2.60. The molecule has 13 nitrogen and oxygen atoms in total. The maximum absolute atomic E-state index is 14.2. The fraction of sp³-hybridized carbons (Fsp3) is 0.974. The smallest absolute Gasteiger partial charge is 0.186 e. The van der Waals surface area contributed by atoms with Gasteiger partial charge in [-0.2, -0.15) is 0 Å². The van der Waals surface area contributed by atoms with E-state index in [1.807, 2.05) is 0 Å². The highest BCUT2D eigenvalue weighted by Gasteiger charge is 2.70. The quantitative estimate of drug-likeness (QED) is 0.222. The van der Waals surface area contributed by atoms with E-state index in [1.54, 1.807) is 0 Å². The zero-order valence-corrected chi connectivity index (χ0v) is 30.4. The lowest BCUT2D eigenvalue weighted by Crippen LogP contribution is -2.63. The van der Waals surface area contributed by atoms with Crippen LogP contribution in [0.25, 0.3) is 0 Å². The maximum Gasteiger partial charge on any atom is 0.186 e. The van der Waals surface area contributed by atoms with Crippen LogP contribution >= 0.6 is 0 Å². The molecule has 0 unspecified atom stereocenters. The SMILES string of the molecule is C[C@@H]1CC[C@@]2(OC1)O[C@H]1C[C@H]3[C@@H]4CC(=O)[C@H]5C[C@@H](O[C@@H]6O[C@H](CO)[C@@H](O[C@@H]7OC[C@@H](O)[C@H](O)[C@H]7O)[C@H](O)[C@H]6O)CC[C@]5(C)[C@H]4CC[C@]3(C)[C@H]1[C@@H]2C. The Labute approximate surface area is 300 Å². The van der Waals surface area contributed by atoms with Crippen molar-refractivity contribution in [3.05, 3.63) is 0 Å². The zero-order valence-electron chi connectivity index (χ0n) is 30.4. The van der Waals surface area contributed by atoms with E-state index in [4.69, 9.17) is 28.4 Å². The third-order valence-corrected chi connectivity index (χ3v) is 15.6. The Morgan fingerprint density at radius 1 is 0.824 bits per heavy atom. The Hall–Kier alpha value is -0.810. The van der Waals surface area contributed by atoms with E-state index in [-0.39, 0.29) is 35.2 Å². The number of rotatable bonds is 5. The number of aliphatic hydroxyl groups is 6. The molecule has 0 aromatic rings. The second-order valence-electron chi connectivity index (χ2n) is 18.2. The molecule has 8 fully saturated rings. The average Bonchev–Trinajstić information content (AvgIpc) is 3.55. The van der Waals surface area contributed by atoms with Gasteiger partial charge in [0.25, 0.3) is 0 Å². The van der Waals surface area contributed by atoms with E-state index in [0.29, 0.717) is 54.8 Å². The summed E-state index contributed by atoms with van der Waals surface area (Å²) in [5, 5.41) is 62.4.